The molecule has 0 spiro atoms. The number of anilines is 1. The van der Waals surface area contributed by atoms with Crippen molar-refractivity contribution in [1.29, 1.82) is 0 Å². The number of aromatic nitrogens is 1. The van der Waals surface area contributed by atoms with Crippen LogP contribution in [-0.4, -0.2) is 16.8 Å². The maximum absolute atomic E-state index is 12.5. The quantitative estimate of drug-likeness (QED) is 0.843. The number of fused-ring (bicyclic) bond motifs is 1. The fraction of sp³-hybridized carbons (Fsp3) is 0.450. The number of H-pyrrole nitrogens is 1. The van der Waals surface area contributed by atoms with Gasteiger partial charge in [0.25, 0.3) is 0 Å². The minimum Gasteiger partial charge on any atom is -0.368 e. The third-order valence-electron chi connectivity index (χ3n) is 5.20. The van der Waals surface area contributed by atoms with Gasteiger partial charge in [0.05, 0.1) is 0 Å². The normalized spacial score (nSPS) is 18.7. The van der Waals surface area contributed by atoms with Gasteiger partial charge in [0.1, 0.15) is 5.82 Å². The zero-order chi connectivity index (χ0) is 15.6. The Morgan fingerprint density at radius 1 is 0.913 bits per heavy atom. The summed E-state index contributed by atoms with van der Waals surface area (Å²) in [5.41, 5.74) is 4.29. The Balaban J connectivity index is 1.77. The van der Waals surface area contributed by atoms with Gasteiger partial charge in [0, 0.05) is 29.3 Å². The zero-order valence-electron chi connectivity index (χ0n) is 13.5. The third-order valence-corrected chi connectivity index (χ3v) is 5.20. The second-order valence-corrected chi connectivity index (χ2v) is 6.85. The molecule has 3 nitrogen and oxygen atoms in total. The molecule has 0 unspecified atom stereocenters. The van der Waals surface area contributed by atoms with E-state index in [0.29, 0.717) is 12.5 Å². The van der Waals surface area contributed by atoms with E-state index in [9.17, 15) is 4.79 Å². The van der Waals surface area contributed by atoms with Crippen LogP contribution >= 0.6 is 0 Å². The summed E-state index contributed by atoms with van der Waals surface area (Å²) < 4.78 is 0. The van der Waals surface area contributed by atoms with Crippen LogP contribution in [0.25, 0.3) is 11.1 Å². The number of aromatic amines is 1. The SMILES string of the molecule is O=C1CCCc2[nH]c(NC3CCCCC3)c(-c3ccccc3)c21. The Hall–Kier alpha value is -2.03. The highest BCUT2D eigenvalue weighted by Gasteiger charge is 2.28. The minimum absolute atomic E-state index is 0.290. The van der Waals surface area contributed by atoms with E-state index >= 15 is 0 Å². The Morgan fingerprint density at radius 2 is 1.70 bits per heavy atom. The van der Waals surface area contributed by atoms with Gasteiger partial charge in [-0.05, 0) is 31.2 Å². The first-order chi connectivity index (χ1) is 11.3. The predicted octanol–water partition coefficient (Wildman–Crippen LogP) is 4.95. The van der Waals surface area contributed by atoms with E-state index in [4.69, 9.17) is 0 Å². The van der Waals surface area contributed by atoms with E-state index < -0.39 is 0 Å². The van der Waals surface area contributed by atoms with E-state index in [0.717, 1.165) is 41.0 Å². The average Bonchev–Trinajstić information content (AvgIpc) is 2.96. The lowest BCUT2D eigenvalue weighted by Crippen LogP contribution is -2.22. The summed E-state index contributed by atoms with van der Waals surface area (Å²) in [5.74, 6) is 1.35. The van der Waals surface area contributed by atoms with Crippen molar-refractivity contribution in [3.8, 4) is 11.1 Å². The fourth-order valence-electron chi connectivity index (χ4n) is 4.05. The summed E-state index contributed by atoms with van der Waals surface area (Å²) in [4.78, 5) is 16.1. The number of benzene rings is 1. The van der Waals surface area contributed by atoms with Crippen molar-refractivity contribution in [3.05, 3.63) is 41.6 Å². The fourth-order valence-corrected chi connectivity index (χ4v) is 4.05. The van der Waals surface area contributed by atoms with Gasteiger partial charge >= 0.3 is 0 Å². The van der Waals surface area contributed by atoms with Crippen molar-refractivity contribution in [2.45, 2.75) is 57.4 Å². The van der Waals surface area contributed by atoms with Crippen LogP contribution in [0.2, 0.25) is 0 Å². The van der Waals surface area contributed by atoms with Gasteiger partial charge in [-0.3, -0.25) is 4.79 Å². The van der Waals surface area contributed by atoms with E-state index in [2.05, 4.69) is 22.4 Å². The first-order valence-electron chi connectivity index (χ1n) is 8.93. The van der Waals surface area contributed by atoms with Crippen molar-refractivity contribution in [1.82, 2.24) is 4.98 Å². The monoisotopic (exact) mass is 308 g/mol. The molecule has 23 heavy (non-hydrogen) atoms. The summed E-state index contributed by atoms with van der Waals surface area (Å²) in [6.07, 6.45) is 9.03. The second-order valence-electron chi connectivity index (χ2n) is 6.85. The zero-order valence-corrected chi connectivity index (χ0v) is 13.5. The summed E-state index contributed by atoms with van der Waals surface area (Å²) in [6.45, 7) is 0. The number of carbonyl (C=O) groups is 1. The number of hydrogen-bond acceptors (Lipinski definition) is 2. The molecule has 0 aliphatic heterocycles. The van der Waals surface area contributed by atoms with E-state index in [1.54, 1.807) is 0 Å². The number of carbonyl (C=O) groups excluding carboxylic acids is 1. The molecule has 2 aliphatic carbocycles. The third kappa shape index (κ3) is 2.80. The molecule has 0 amide bonds. The number of Topliss-reactive ketones (excluding diaryl/α,β-unsaturated/α-hetero) is 1. The molecule has 1 fully saturated rings. The molecule has 2 N–H and O–H groups in total. The molecule has 3 heteroatoms. The van der Waals surface area contributed by atoms with Crippen LogP contribution in [0, 0.1) is 0 Å². The Kier molecular flexibility index (Phi) is 3.94. The van der Waals surface area contributed by atoms with Crippen LogP contribution in [0.5, 0.6) is 0 Å². The molecular weight excluding hydrogens is 284 g/mol. The molecule has 2 aliphatic rings. The molecule has 0 saturated heterocycles. The maximum atomic E-state index is 12.5. The number of aryl methyl sites for hydroxylation is 1. The van der Waals surface area contributed by atoms with Crippen LogP contribution in [0.3, 0.4) is 0 Å². The molecule has 0 bridgehead atoms. The number of ketones is 1. The highest BCUT2D eigenvalue weighted by atomic mass is 16.1. The molecule has 120 valence electrons. The summed E-state index contributed by atoms with van der Waals surface area (Å²) in [7, 11) is 0. The van der Waals surface area contributed by atoms with Crippen molar-refractivity contribution < 1.29 is 4.79 Å². The topological polar surface area (TPSA) is 44.9 Å². The molecule has 4 rings (SSSR count). The van der Waals surface area contributed by atoms with Crippen molar-refractivity contribution in [2.75, 3.05) is 5.32 Å². The van der Waals surface area contributed by atoms with Crippen LogP contribution in [0.15, 0.2) is 30.3 Å². The van der Waals surface area contributed by atoms with E-state index in [1.807, 2.05) is 18.2 Å². The standard InChI is InChI=1S/C20H24N2O/c23-17-13-7-12-16-19(17)18(14-8-3-1-4-9-14)20(22-16)21-15-10-5-2-6-11-15/h1,3-4,8-9,15,21-22H,2,5-7,10-13H2. The Labute approximate surface area is 137 Å². The van der Waals surface area contributed by atoms with Crippen molar-refractivity contribution in [3.63, 3.8) is 0 Å². The molecule has 0 atom stereocenters. The molecule has 1 aromatic carbocycles. The van der Waals surface area contributed by atoms with E-state index in [1.165, 1.54) is 32.1 Å². The number of hydrogen-bond donors (Lipinski definition) is 2. The summed E-state index contributed by atoms with van der Waals surface area (Å²) >= 11 is 0. The highest BCUT2D eigenvalue weighted by Crippen LogP contribution is 2.38. The number of nitrogens with one attached hydrogen (secondary N) is 2. The van der Waals surface area contributed by atoms with Crippen molar-refractivity contribution in [2.24, 2.45) is 0 Å². The smallest absolute Gasteiger partial charge is 0.165 e. The average molecular weight is 308 g/mol. The second kappa shape index (κ2) is 6.23. The van der Waals surface area contributed by atoms with Gasteiger partial charge in [0.15, 0.2) is 5.78 Å². The lowest BCUT2D eigenvalue weighted by Gasteiger charge is -2.24. The predicted molar refractivity (Wildman–Crippen MR) is 94.0 cm³/mol. The van der Waals surface area contributed by atoms with E-state index in [-0.39, 0.29) is 5.78 Å². The molecular formula is C20H24N2O. The first-order valence-corrected chi connectivity index (χ1v) is 8.93. The van der Waals surface area contributed by atoms with Crippen LogP contribution < -0.4 is 5.32 Å². The summed E-state index contributed by atoms with van der Waals surface area (Å²) in [6, 6.07) is 10.9. The Bertz CT molecular complexity index is 696. The molecule has 1 heterocycles. The van der Waals surface area contributed by atoms with Gasteiger partial charge in [-0.2, -0.15) is 0 Å². The first kappa shape index (κ1) is 14.6. The van der Waals surface area contributed by atoms with Crippen molar-refractivity contribution >= 4 is 11.6 Å². The largest absolute Gasteiger partial charge is 0.368 e. The van der Waals surface area contributed by atoms with Gasteiger partial charge in [-0.25, -0.2) is 0 Å². The maximum Gasteiger partial charge on any atom is 0.165 e. The van der Waals surface area contributed by atoms with Crippen LogP contribution in [0.4, 0.5) is 5.82 Å². The number of rotatable bonds is 3. The lowest BCUT2D eigenvalue weighted by molar-refractivity contribution is 0.0973. The Morgan fingerprint density at radius 3 is 2.48 bits per heavy atom. The van der Waals surface area contributed by atoms with Gasteiger partial charge in [-0.1, -0.05) is 49.6 Å². The molecule has 1 aromatic heterocycles. The van der Waals surface area contributed by atoms with Gasteiger partial charge < -0.3 is 10.3 Å². The lowest BCUT2D eigenvalue weighted by atomic mass is 9.90. The molecule has 1 saturated carbocycles. The minimum atomic E-state index is 0.290. The van der Waals surface area contributed by atoms with Crippen LogP contribution in [-0.2, 0) is 6.42 Å². The summed E-state index contributed by atoms with van der Waals surface area (Å²) in [5, 5.41) is 3.72. The molecule has 0 radical (unpaired) electrons. The molecule has 2 aromatic rings. The van der Waals surface area contributed by atoms with Crippen LogP contribution in [0.1, 0.15) is 61.0 Å². The van der Waals surface area contributed by atoms with Gasteiger partial charge in [0.2, 0.25) is 0 Å². The highest BCUT2D eigenvalue weighted by molar-refractivity contribution is 6.07. The van der Waals surface area contributed by atoms with Gasteiger partial charge in [-0.15, -0.1) is 0 Å².